The van der Waals surface area contributed by atoms with Gasteiger partial charge in [-0.15, -0.1) is 0 Å². The van der Waals surface area contributed by atoms with Gasteiger partial charge in [-0.25, -0.2) is 8.78 Å². The van der Waals surface area contributed by atoms with Crippen molar-refractivity contribution in [2.75, 3.05) is 6.61 Å². The first kappa shape index (κ1) is 32.9. The molecule has 0 heterocycles. The highest BCUT2D eigenvalue weighted by molar-refractivity contribution is 6.04. The molecular formula is C35H47F2NO6. The van der Waals surface area contributed by atoms with Crippen molar-refractivity contribution < 1.29 is 38.4 Å². The number of unbranched alkanes of at least 4 members (excludes halogenated alkanes) is 3. The quantitative estimate of drug-likeness (QED) is 0.157. The van der Waals surface area contributed by atoms with Gasteiger partial charge in [0.2, 0.25) is 0 Å². The number of fused-ring (bicyclic) bond motifs is 5. The van der Waals surface area contributed by atoms with Crippen molar-refractivity contribution in [3.63, 3.8) is 0 Å². The predicted octanol–water partition coefficient (Wildman–Crippen LogP) is 4.97. The van der Waals surface area contributed by atoms with Crippen LogP contribution in [0, 0.1) is 29.1 Å². The fourth-order valence-electron chi connectivity index (χ4n) is 8.85. The van der Waals surface area contributed by atoms with Crippen LogP contribution in [0.15, 0.2) is 47.6 Å². The molecule has 5 rings (SSSR count). The number of ether oxygens (including phenoxy) is 1. The maximum Gasteiger partial charge on any atom is 0.323 e. The second-order valence-corrected chi connectivity index (χ2v) is 14.4. The van der Waals surface area contributed by atoms with Crippen LogP contribution in [0.5, 0.6) is 0 Å². The summed E-state index contributed by atoms with van der Waals surface area (Å²) in [5.74, 6) is -2.99. The van der Waals surface area contributed by atoms with Gasteiger partial charge in [0, 0.05) is 35.2 Å². The predicted molar refractivity (Wildman–Crippen MR) is 161 cm³/mol. The fraction of sp³-hybridized carbons (Fsp3) is 0.657. The van der Waals surface area contributed by atoms with Crippen LogP contribution in [-0.2, 0) is 20.7 Å². The minimum atomic E-state index is -2.46. The van der Waals surface area contributed by atoms with E-state index in [1.807, 2.05) is 26.8 Å². The number of aliphatic hydroxyl groups is 3. The van der Waals surface area contributed by atoms with Crippen LogP contribution in [-0.4, -0.2) is 56.5 Å². The SMILES string of the molecule is CC1=C[C@H]2[C@@]3(O)[C@H](C)C[C@]4(OC(=O)[C@H](N)CCCCCCc5ccc(C(F)F)cc5)[C@H]([C@@H]3C=C(CO)C[C@]2(O)C1=O)C4(C)C. The number of alkyl halides is 2. The van der Waals surface area contributed by atoms with Crippen LogP contribution in [0.1, 0.15) is 90.2 Å². The van der Waals surface area contributed by atoms with E-state index in [2.05, 4.69) is 0 Å². The summed E-state index contributed by atoms with van der Waals surface area (Å²) >= 11 is 0. The van der Waals surface area contributed by atoms with Crippen LogP contribution in [0.4, 0.5) is 8.78 Å². The third-order valence-electron chi connectivity index (χ3n) is 11.4. The first-order valence-corrected chi connectivity index (χ1v) is 16.0. The number of aryl methyl sites for hydroxylation is 1. The van der Waals surface area contributed by atoms with Crippen LogP contribution in [0.25, 0.3) is 0 Å². The molecule has 0 unspecified atom stereocenters. The van der Waals surface area contributed by atoms with Crippen molar-refractivity contribution in [1.82, 2.24) is 0 Å². The molecule has 5 N–H and O–H groups in total. The van der Waals surface area contributed by atoms with E-state index in [-0.39, 0.29) is 24.5 Å². The van der Waals surface area contributed by atoms with Crippen LogP contribution >= 0.6 is 0 Å². The van der Waals surface area contributed by atoms with E-state index in [1.54, 1.807) is 25.1 Å². The van der Waals surface area contributed by atoms with Gasteiger partial charge in [-0.1, -0.05) is 76.5 Å². The second kappa shape index (κ2) is 11.7. The number of hydrogen-bond acceptors (Lipinski definition) is 7. The first-order valence-electron chi connectivity index (χ1n) is 16.0. The summed E-state index contributed by atoms with van der Waals surface area (Å²) in [6.45, 7) is 7.21. The summed E-state index contributed by atoms with van der Waals surface area (Å²) < 4.78 is 31.8. The lowest BCUT2D eigenvalue weighted by atomic mass is 9.60. The summed E-state index contributed by atoms with van der Waals surface area (Å²) in [5, 5.41) is 34.2. The molecule has 242 valence electrons. The maximum absolute atomic E-state index is 13.4. The topological polar surface area (TPSA) is 130 Å². The summed E-state index contributed by atoms with van der Waals surface area (Å²) in [5.41, 5.74) is 3.61. The smallest absolute Gasteiger partial charge is 0.323 e. The Morgan fingerprint density at radius 3 is 2.39 bits per heavy atom. The molecule has 1 aromatic carbocycles. The zero-order valence-electron chi connectivity index (χ0n) is 26.2. The highest BCUT2D eigenvalue weighted by Gasteiger charge is 2.83. The summed E-state index contributed by atoms with van der Waals surface area (Å²) in [7, 11) is 0. The van der Waals surface area contributed by atoms with Crippen LogP contribution < -0.4 is 5.73 Å². The van der Waals surface area contributed by atoms with Gasteiger partial charge in [-0.2, -0.15) is 0 Å². The lowest BCUT2D eigenvalue weighted by Gasteiger charge is -2.50. The largest absolute Gasteiger partial charge is 0.457 e. The number of benzene rings is 1. The number of Topliss-reactive ketones (excluding diaryl/α,β-unsaturated/α-hetero) is 1. The van der Waals surface area contributed by atoms with Gasteiger partial charge in [0.15, 0.2) is 5.78 Å². The van der Waals surface area contributed by atoms with Gasteiger partial charge in [0.05, 0.1) is 12.2 Å². The summed E-state index contributed by atoms with van der Waals surface area (Å²) in [6.07, 6.45) is 6.10. The Labute approximate surface area is 258 Å². The standard InChI is InChI=1S/C35H47F2NO6/c1-20-15-27-33(42,29(20)40)18-23(19-39)16-25-28-32(3,4)34(28,17-21(2)35(25,27)43)44-31(41)26(38)10-8-6-5-7-9-22-11-13-24(14-12-22)30(36)37/h11-16,21,25-28,30,39,42-43H,5-10,17-19,38H2,1-4H3/t21-,25+,26-,27-,28-,33-,34+,35-/m1/s1. The molecule has 4 aliphatic rings. The number of carbonyl (C=O) groups excluding carboxylic acids is 2. The molecule has 2 fully saturated rings. The Morgan fingerprint density at radius 2 is 1.75 bits per heavy atom. The number of carbonyl (C=O) groups is 2. The third kappa shape index (κ3) is 5.17. The fourth-order valence-corrected chi connectivity index (χ4v) is 8.85. The van der Waals surface area contributed by atoms with E-state index in [0.29, 0.717) is 24.0 Å². The molecule has 0 spiro atoms. The molecule has 2 saturated carbocycles. The number of rotatable bonds is 11. The zero-order chi connectivity index (χ0) is 32.2. The number of ketones is 1. The monoisotopic (exact) mass is 615 g/mol. The Bertz CT molecular complexity index is 1340. The number of halogens is 2. The van der Waals surface area contributed by atoms with E-state index in [0.717, 1.165) is 37.7 Å². The number of aliphatic hydroxyl groups excluding tert-OH is 1. The summed E-state index contributed by atoms with van der Waals surface area (Å²) in [6, 6.07) is 5.63. The Kier molecular flexibility index (Phi) is 8.77. The average molecular weight is 616 g/mol. The lowest BCUT2D eigenvalue weighted by molar-refractivity contribution is -0.187. The van der Waals surface area contributed by atoms with Gasteiger partial charge < -0.3 is 25.8 Å². The average Bonchev–Trinajstić information content (AvgIpc) is 3.38. The molecule has 4 aliphatic carbocycles. The number of esters is 1. The van der Waals surface area contributed by atoms with E-state index < -0.39 is 64.2 Å². The Balaban J connectivity index is 1.21. The van der Waals surface area contributed by atoms with Crippen molar-refractivity contribution in [2.24, 2.45) is 34.8 Å². The number of nitrogens with two attached hydrogens (primary N) is 1. The van der Waals surface area contributed by atoms with E-state index >= 15 is 0 Å². The summed E-state index contributed by atoms with van der Waals surface area (Å²) in [4.78, 5) is 26.5. The third-order valence-corrected chi connectivity index (χ3v) is 11.4. The molecule has 7 nitrogen and oxygen atoms in total. The molecule has 9 heteroatoms. The minimum absolute atomic E-state index is 0.0266. The van der Waals surface area contributed by atoms with E-state index in [4.69, 9.17) is 10.5 Å². The van der Waals surface area contributed by atoms with E-state index in [9.17, 15) is 33.7 Å². The molecule has 0 amide bonds. The molecular weight excluding hydrogens is 568 g/mol. The zero-order valence-corrected chi connectivity index (χ0v) is 26.2. The van der Waals surface area contributed by atoms with Crippen molar-refractivity contribution >= 4 is 11.8 Å². The molecule has 8 atom stereocenters. The molecule has 1 aromatic rings. The highest BCUT2D eigenvalue weighted by Crippen LogP contribution is 2.76. The molecule has 0 saturated heterocycles. The molecule has 0 aromatic heterocycles. The van der Waals surface area contributed by atoms with Crippen molar-refractivity contribution in [1.29, 1.82) is 0 Å². The Morgan fingerprint density at radius 1 is 1.09 bits per heavy atom. The normalized spacial score (nSPS) is 36.0. The Hall–Kier alpha value is -2.46. The second-order valence-electron chi connectivity index (χ2n) is 14.4. The van der Waals surface area contributed by atoms with Gasteiger partial charge in [-0.3, -0.25) is 9.59 Å². The maximum atomic E-state index is 13.4. The van der Waals surface area contributed by atoms with Gasteiger partial charge in [0.25, 0.3) is 6.43 Å². The van der Waals surface area contributed by atoms with Gasteiger partial charge >= 0.3 is 5.97 Å². The van der Waals surface area contributed by atoms with Crippen LogP contribution in [0.2, 0.25) is 0 Å². The van der Waals surface area contributed by atoms with Gasteiger partial charge in [-0.05, 0) is 55.2 Å². The highest BCUT2D eigenvalue weighted by atomic mass is 19.3. The molecule has 0 bridgehead atoms. The van der Waals surface area contributed by atoms with E-state index in [1.165, 1.54) is 12.1 Å². The lowest BCUT2D eigenvalue weighted by Crippen LogP contribution is -2.61. The van der Waals surface area contributed by atoms with Gasteiger partial charge in [0.1, 0.15) is 17.2 Å². The van der Waals surface area contributed by atoms with Crippen LogP contribution in [0.3, 0.4) is 0 Å². The number of hydrogen-bond donors (Lipinski definition) is 4. The molecule has 0 radical (unpaired) electrons. The van der Waals surface area contributed by atoms with Crippen molar-refractivity contribution in [2.45, 2.75) is 108 Å². The minimum Gasteiger partial charge on any atom is -0.457 e. The first-order chi connectivity index (χ1) is 20.6. The molecule has 0 aliphatic heterocycles. The van der Waals surface area contributed by atoms with Crippen molar-refractivity contribution in [3.8, 4) is 0 Å². The van der Waals surface area contributed by atoms with Crippen molar-refractivity contribution in [3.05, 3.63) is 58.7 Å². The molecule has 44 heavy (non-hydrogen) atoms.